The molecule has 1 aromatic carbocycles. The number of nitrogens with zero attached hydrogens (tertiary/aromatic N) is 1. The number of aryl methyl sites for hydroxylation is 1. The van der Waals surface area contributed by atoms with Gasteiger partial charge in [-0.3, -0.25) is 4.79 Å². The highest BCUT2D eigenvalue weighted by molar-refractivity contribution is 9.10. The fourth-order valence-electron chi connectivity index (χ4n) is 3.22. The van der Waals surface area contributed by atoms with Crippen molar-refractivity contribution >= 4 is 27.4 Å². The summed E-state index contributed by atoms with van der Waals surface area (Å²) < 4.78 is 1.12. The van der Waals surface area contributed by atoms with Crippen LogP contribution in [-0.2, 0) is 4.79 Å². The summed E-state index contributed by atoms with van der Waals surface area (Å²) in [6.07, 6.45) is 3.82. The number of piperidine rings is 1. The first-order chi connectivity index (χ1) is 8.15. The first-order valence-corrected chi connectivity index (χ1v) is 7.00. The quantitative estimate of drug-likeness (QED) is 0.790. The molecular formula is C14H16BrNO. The van der Waals surface area contributed by atoms with Gasteiger partial charge in [-0.15, -0.1) is 0 Å². The largest absolute Gasteiger partial charge is 0.364 e. The van der Waals surface area contributed by atoms with Gasteiger partial charge in [0, 0.05) is 35.1 Å². The molecule has 0 saturated carbocycles. The number of carbonyl (C=O) groups is 1. The molecule has 0 spiro atoms. The standard InChI is InChI=1S/C14H16BrNO/c1-9-2-3-10(15)6-14(9)16-11-4-5-12(16)8-13(17)7-11/h2-3,6,11-12H,4-5,7-8H2,1H3. The van der Waals surface area contributed by atoms with Crippen LogP contribution in [0.15, 0.2) is 22.7 Å². The molecule has 0 N–H and O–H groups in total. The molecule has 3 heteroatoms. The molecule has 0 amide bonds. The molecule has 1 aromatic rings. The summed E-state index contributed by atoms with van der Waals surface area (Å²) in [6, 6.07) is 7.30. The fraction of sp³-hybridized carbons (Fsp3) is 0.500. The third-order valence-electron chi connectivity index (χ3n) is 4.00. The number of carbonyl (C=O) groups excluding carboxylic acids is 1. The second-order valence-electron chi connectivity index (χ2n) is 5.17. The number of Topliss-reactive ketones (excluding diaryl/α,β-unsaturated/α-hetero) is 1. The van der Waals surface area contributed by atoms with E-state index in [1.54, 1.807) is 0 Å². The Bertz CT molecular complexity index is 455. The van der Waals surface area contributed by atoms with Crippen molar-refractivity contribution < 1.29 is 4.79 Å². The Morgan fingerprint density at radius 3 is 2.53 bits per heavy atom. The normalized spacial score (nSPS) is 27.6. The highest BCUT2D eigenvalue weighted by atomic mass is 79.9. The second-order valence-corrected chi connectivity index (χ2v) is 6.09. The Morgan fingerprint density at radius 2 is 1.88 bits per heavy atom. The van der Waals surface area contributed by atoms with Crippen molar-refractivity contribution in [2.24, 2.45) is 0 Å². The van der Waals surface area contributed by atoms with E-state index in [-0.39, 0.29) is 0 Å². The highest BCUT2D eigenvalue weighted by Crippen LogP contribution is 2.40. The molecule has 2 aliphatic heterocycles. The maximum atomic E-state index is 11.6. The second kappa shape index (κ2) is 4.13. The number of benzene rings is 1. The van der Waals surface area contributed by atoms with Gasteiger partial charge in [-0.05, 0) is 37.5 Å². The van der Waals surface area contributed by atoms with Crippen molar-refractivity contribution in [1.82, 2.24) is 0 Å². The van der Waals surface area contributed by atoms with Crippen molar-refractivity contribution in [3.05, 3.63) is 28.2 Å². The SMILES string of the molecule is Cc1ccc(Br)cc1N1C2CCC1CC(=O)C2. The zero-order chi connectivity index (χ0) is 12.0. The molecule has 2 saturated heterocycles. The van der Waals surface area contributed by atoms with Crippen LogP contribution >= 0.6 is 15.9 Å². The van der Waals surface area contributed by atoms with Gasteiger partial charge in [0.15, 0.2) is 0 Å². The van der Waals surface area contributed by atoms with E-state index in [4.69, 9.17) is 0 Å². The molecule has 0 aromatic heterocycles. The van der Waals surface area contributed by atoms with Crippen molar-refractivity contribution in [1.29, 1.82) is 0 Å². The lowest BCUT2D eigenvalue weighted by molar-refractivity contribution is -0.120. The average molecular weight is 294 g/mol. The molecule has 0 aliphatic carbocycles. The van der Waals surface area contributed by atoms with Crippen molar-refractivity contribution in [2.75, 3.05) is 4.90 Å². The van der Waals surface area contributed by atoms with Crippen LogP contribution in [0.4, 0.5) is 5.69 Å². The minimum atomic E-state index is 0.439. The van der Waals surface area contributed by atoms with Crippen LogP contribution in [0, 0.1) is 6.92 Å². The van der Waals surface area contributed by atoms with E-state index >= 15 is 0 Å². The van der Waals surface area contributed by atoms with Gasteiger partial charge in [0.25, 0.3) is 0 Å². The smallest absolute Gasteiger partial charge is 0.137 e. The number of rotatable bonds is 1. The Morgan fingerprint density at radius 1 is 1.24 bits per heavy atom. The van der Waals surface area contributed by atoms with Crippen molar-refractivity contribution in [2.45, 2.75) is 44.7 Å². The summed E-state index contributed by atoms with van der Waals surface area (Å²) in [4.78, 5) is 14.1. The molecule has 17 heavy (non-hydrogen) atoms. The van der Waals surface area contributed by atoms with Gasteiger partial charge >= 0.3 is 0 Å². The van der Waals surface area contributed by atoms with Gasteiger partial charge in [-0.25, -0.2) is 0 Å². The number of hydrogen-bond acceptors (Lipinski definition) is 2. The molecule has 2 aliphatic rings. The molecule has 2 unspecified atom stereocenters. The van der Waals surface area contributed by atoms with E-state index in [2.05, 4.69) is 46.0 Å². The van der Waals surface area contributed by atoms with Crippen LogP contribution < -0.4 is 4.90 Å². The van der Waals surface area contributed by atoms with Crippen LogP contribution in [0.1, 0.15) is 31.2 Å². The molecule has 0 radical (unpaired) electrons. The lowest BCUT2D eigenvalue weighted by Crippen LogP contribution is -2.43. The van der Waals surface area contributed by atoms with Gasteiger partial charge in [0.2, 0.25) is 0 Å². The molecule has 2 heterocycles. The van der Waals surface area contributed by atoms with Crippen LogP contribution in [0.3, 0.4) is 0 Å². The average Bonchev–Trinajstić information content (AvgIpc) is 2.54. The number of anilines is 1. The Balaban J connectivity index is 1.99. The maximum absolute atomic E-state index is 11.6. The Kier molecular flexibility index (Phi) is 2.74. The first-order valence-electron chi connectivity index (χ1n) is 6.21. The lowest BCUT2D eigenvalue weighted by atomic mass is 9.99. The van der Waals surface area contributed by atoms with E-state index in [9.17, 15) is 4.79 Å². The number of fused-ring (bicyclic) bond motifs is 2. The molecule has 2 bridgehead atoms. The van der Waals surface area contributed by atoms with Crippen LogP contribution in [0.2, 0.25) is 0 Å². The zero-order valence-corrected chi connectivity index (χ0v) is 11.5. The van der Waals surface area contributed by atoms with E-state index in [0.717, 1.165) is 17.3 Å². The number of hydrogen-bond donors (Lipinski definition) is 0. The zero-order valence-electron chi connectivity index (χ0n) is 9.95. The van der Waals surface area contributed by atoms with E-state index in [1.807, 2.05) is 0 Å². The summed E-state index contributed by atoms with van der Waals surface area (Å²) in [6.45, 7) is 2.15. The third kappa shape index (κ3) is 1.90. The number of ketones is 1. The van der Waals surface area contributed by atoms with Gasteiger partial charge in [0.1, 0.15) is 5.78 Å². The van der Waals surface area contributed by atoms with Crippen LogP contribution in [0.5, 0.6) is 0 Å². The predicted molar refractivity (Wildman–Crippen MR) is 72.4 cm³/mol. The monoisotopic (exact) mass is 293 g/mol. The third-order valence-corrected chi connectivity index (χ3v) is 4.49. The highest BCUT2D eigenvalue weighted by Gasteiger charge is 2.40. The maximum Gasteiger partial charge on any atom is 0.137 e. The Hall–Kier alpha value is -0.830. The molecule has 3 rings (SSSR count). The first kappa shape index (κ1) is 11.3. The van der Waals surface area contributed by atoms with E-state index in [1.165, 1.54) is 24.1 Å². The minimum Gasteiger partial charge on any atom is -0.364 e. The fourth-order valence-corrected chi connectivity index (χ4v) is 3.57. The van der Waals surface area contributed by atoms with Crippen molar-refractivity contribution in [3.63, 3.8) is 0 Å². The molecule has 2 atom stereocenters. The predicted octanol–water partition coefficient (Wildman–Crippen LogP) is 3.46. The van der Waals surface area contributed by atoms with Gasteiger partial charge < -0.3 is 4.90 Å². The van der Waals surface area contributed by atoms with Crippen molar-refractivity contribution in [3.8, 4) is 0 Å². The van der Waals surface area contributed by atoms with Gasteiger partial charge in [-0.1, -0.05) is 22.0 Å². The number of halogens is 1. The minimum absolute atomic E-state index is 0.439. The van der Waals surface area contributed by atoms with E-state index in [0.29, 0.717) is 17.9 Å². The summed E-state index contributed by atoms with van der Waals surface area (Å²) >= 11 is 3.54. The lowest BCUT2D eigenvalue weighted by Gasteiger charge is -2.37. The van der Waals surface area contributed by atoms with Gasteiger partial charge in [-0.2, -0.15) is 0 Å². The summed E-state index contributed by atoms with van der Waals surface area (Å²) in [5.74, 6) is 0.446. The molecule has 90 valence electrons. The summed E-state index contributed by atoms with van der Waals surface area (Å²) in [7, 11) is 0. The van der Waals surface area contributed by atoms with E-state index < -0.39 is 0 Å². The Labute approximate surface area is 110 Å². The van der Waals surface area contributed by atoms with Crippen LogP contribution in [0.25, 0.3) is 0 Å². The summed E-state index contributed by atoms with van der Waals surface area (Å²) in [5.41, 5.74) is 2.61. The molecular weight excluding hydrogens is 278 g/mol. The van der Waals surface area contributed by atoms with Gasteiger partial charge in [0.05, 0.1) is 0 Å². The summed E-state index contributed by atoms with van der Waals surface area (Å²) in [5, 5.41) is 0. The van der Waals surface area contributed by atoms with Crippen LogP contribution in [-0.4, -0.2) is 17.9 Å². The topological polar surface area (TPSA) is 20.3 Å². The molecule has 2 fully saturated rings. The molecule has 2 nitrogen and oxygen atoms in total.